The van der Waals surface area contributed by atoms with Gasteiger partial charge in [-0.3, -0.25) is 14.5 Å². The lowest BCUT2D eigenvalue weighted by Gasteiger charge is -2.26. The number of hydrogen-bond acceptors (Lipinski definition) is 5. The fraction of sp³-hybridized carbons (Fsp3) is 0.391. The Morgan fingerprint density at radius 1 is 0.968 bits per heavy atom. The van der Waals surface area contributed by atoms with Gasteiger partial charge >= 0.3 is 0 Å². The molecule has 2 heterocycles. The van der Waals surface area contributed by atoms with E-state index in [0.29, 0.717) is 6.54 Å². The minimum absolute atomic E-state index is 0.00549. The number of likely N-dealkylation sites (tertiary alicyclic amines) is 1. The predicted octanol–water partition coefficient (Wildman–Crippen LogP) is 2.52. The predicted molar refractivity (Wildman–Crippen MR) is 117 cm³/mol. The zero-order chi connectivity index (χ0) is 21.8. The summed E-state index contributed by atoms with van der Waals surface area (Å²) in [5.41, 5.74) is 2.38. The van der Waals surface area contributed by atoms with Crippen molar-refractivity contribution in [2.75, 3.05) is 19.6 Å². The van der Waals surface area contributed by atoms with Gasteiger partial charge in [0.2, 0.25) is 5.91 Å². The van der Waals surface area contributed by atoms with Crippen LogP contribution in [0.4, 0.5) is 0 Å². The summed E-state index contributed by atoms with van der Waals surface area (Å²) in [6.45, 7) is 3.37. The molecule has 0 spiro atoms. The van der Waals surface area contributed by atoms with Crippen LogP contribution in [0.1, 0.15) is 47.2 Å². The average molecular weight is 442 g/mol. The Hall–Kier alpha value is -2.71. The number of sulfonamides is 1. The van der Waals surface area contributed by atoms with Gasteiger partial charge < -0.3 is 5.32 Å². The quantitative estimate of drug-likeness (QED) is 0.714. The zero-order valence-corrected chi connectivity index (χ0v) is 18.2. The van der Waals surface area contributed by atoms with Gasteiger partial charge in [0, 0.05) is 26.1 Å². The molecule has 0 aliphatic carbocycles. The number of nitrogens with zero attached hydrogens (tertiary/aromatic N) is 2. The molecule has 0 atom stereocenters. The molecule has 0 aromatic heterocycles. The van der Waals surface area contributed by atoms with Gasteiger partial charge in [-0.2, -0.15) is 0 Å². The van der Waals surface area contributed by atoms with Gasteiger partial charge in [0.1, 0.15) is 4.90 Å². The second kappa shape index (κ2) is 9.20. The molecular weight excluding hydrogens is 414 g/mol. The number of benzene rings is 2. The first-order chi connectivity index (χ1) is 14.9. The first-order valence-electron chi connectivity index (χ1n) is 10.7. The molecule has 4 rings (SSSR count). The maximum atomic E-state index is 12.6. The van der Waals surface area contributed by atoms with Gasteiger partial charge in [-0.25, -0.2) is 12.7 Å². The standard InChI is InChI=1S/C23H27N3O4S/c27-22(11-14-26-23(28)20-9-2-3-10-21(20)31(26,29)30)24-16-18-7-6-8-19(15-18)17-25-12-4-1-5-13-25/h2-3,6-10,15H,1,4-5,11-14,16-17H2,(H,24,27). The van der Waals surface area contributed by atoms with E-state index in [0.717, 1.165) is 29.5 Å². The molecule has 2 amide bonds. The summed E-state index contributed by atoms with van der Waals surface area (Å²) in [6.07, 6.45) is 3.72. The molecule has 0 saturated carbocycles. The highest BCUT2D eigenvalue weighted by Gasteiger charge is 2.40. The van der Waals surface area contributed by atoms with Crippen molar-refractivity contribution >= 4 is 21.8 Å². The Morgan fingerprint density at radius 3 is 2.48 bits per heavy atom. The smallest absolute Gasteiger partial charge is 0.269 e. The molecule has 164 valence electrons. The average Bonchev–Trinajstić information content (AvgIpc) is 2.97. The van der Waals surface area contributed by atoms with Crippen LogP contribution in [0.15, 0.2) is 53.4 Å². The number of carbonyl (C=O) groups excluding carboxylic acids is 2. The van der Waals surface area contributed by atoms with E-state index in [4.69, 9.17) is 0 Å². The Balaban J connectivity index is 1.29. The molecule has 2 aliphatic heterocycles. The van der Waals surface area contributed by atoms with Gasteiger partial charge in [-0.15, -0.1) is 0 Å². The highest BCUT2D eigenvalue weighted by Crippen LogP contribution is 2.29. The monoisotopic (exact) mass is 441 g/mol. The van der Waals surface area contributed by atoms with Gasteiger partial charge in [0.05, 0.1) is 5.56 Å². The normalized spacial score (nSPS) is 18.1. The Morgan fingerprint density at radius 2 is 1.71 bits per heavy atom. The fourth-order valence-electron chi connectivity index (χ4n) is 4.16. The number of piperidine rings is 1. The van der Waals surface area contributed by atoms with E-state index in [1.807, 2.05) is 12.1 Å². The van der Waals surface area contributed by atoms with Crippen molar-refractivity contribution in [2.45, 2.75) is 43.7 Å². The van der Waals surface area contributed by atoms with Gasteiger partial charge in [-0.05, 0) is 49.2 Å². The lowest BCUT2D eigenvalue weighted by molar-refractivity contribution is -0.121. The topological polar surface area (TPSA) is 86.8 Å². The van der Waals surface area contributed by atoms with E-state index in [2.05, 4.69) is 22.3 Å². The maximum absolute atomic E-state index is 12.6. The van der Waals surface area contributed by atoms with E-state index >= 15 is 0 Å². The summed E-state index contributed by atoms with van der Waals surface area (Å²) in [7, 11) is -3.88. The molecular formula is C23H27N3O4S. The van der Waals surface area contributed by atoms with Crippen molar-refractivity contribution in [3.8, 4) is 0 Å². The number of amides is 2. The molecule has 1 saturated heterocycles. The van der Waals surface area contributed by atoms with Crippen molar-refractivity contribution in [2.24, 2.45) is 0 Å². The number of nitrogens with one attached hydrogen (secondary N) is 1. The number of carbonyl (C=O) groups is 2. The second-order valence-corrected chi connectivity index (χ2v) is 9.89. The lowest BCUT2D eigenvalue weighted by Crippen LogP contribution is -2.34. The molecule has 2 aromatic rings. The first kappa shape index (κ1) is 21.5. The summed E-state index contributed by atoms with van der Waals surface area (Å²) < 4.78 is 25.9. The van der Waals surface area contributed by atoms with Gasteiger partial charge in [-0.1, -0.05) is 42.8 Å². The van der Waals surface area contributed by atoms with Crippen LogP contribution in [0, 0.1) is 0 Å². The summed E-state index contributed by atoms with van der Waals surface area (Å²) in [5.74, 6) is -0.866. The Kier molecular flexibility index (Phi) is 6.38. The number of rotatable bonds is 7. The molecule has 8 heteroatoms. The van der Waals surface area contributed by atoms with E-state index < -0.39 is 15.9 Å². The third-order valence-corrected chi connectivity index (χ3v) is 7.63. The first-order valence-corrected chi connectivity index (χ1v) is 12.1. The van der Waals surface area contributed by atoms with E-state index in [1.165, 1.54) is 37.0 Å². The fourth-order valence-corrected chi connectivity index (χ4v) is 5.73. The van der Waals surface area contributed by atoms with E-state index in [-0.39, 0.29) is 29.3 Å². The zero-order valence-electron chi connectivity index (χ0n) is 17.4. The van der Waals surface area contributed by atoms with Crippen LogP contribution >= 0.6 is 0 Å². The third kappa shape index (κ3) is 4.80. The summed E-state index contributed by atoms with van der Waals surface area (Å²) in [6, 6.07) is 14.3. The van der Waals surface area contributed by atoms with Crippen molar-refractivity contribution in [3.63, 3.8) is 0 Å². The molecule has 1 fully saturated rings. The number of hydrogen-bond donors (Lipinski definition) is 1. The molecule has 2 aliphatic rings. The third-order valence-electron chi connectivity index (χ3n) is 5.79. The van der Waals surface area contributed by atoms with Crippen LogP contribution < -0.4 is 5.32 Å². The van der Waals surface area contributed by atoms with Crippen LogP contribution in [0.2, 0.25) is 0 Å². The van der Waals surface area contributed by atoms with Crippen LogP contribution in [0.3, 0.4) is 0 Å². The molecule has 0 unspecified atom stereocenters. The summed E-state index contributed by atoms with van der Waals surface area (Å²) in [5, 5.41) is 2.83. The van der Waals surface area contributed by atoms with Gasteiger partial charge in [0.25, 0.3) is 15.9 Å². The number of fused-ring (bicyclic) bond motifs is 1. The molecule has 1 N–H and O–H groups in total. The maximum Gasteiger partial charge on any atom is 0.269 e. The van der Waals surface area contributed by atoms with Crippen molar-refractivity contribution in [3.05, 3.63) is 65.2 Å². The Bertz CT molecular complexity index is 1080. The largest absolute Gasteiger partial charge is 0.352 e. The van der Waals surface area contributed by atoms with Crippen molar-refractivity contribution in [1.82, 2.24) is 14.5 Å². The molecule has 0 radical (unpaired) electrons. The van der Waals surface area contributed by atoms with E-state index in [9.17, 15) is 18.0 Å². The minimum atomic E-state index is -3.88. The molecule has 7 nitrogen and oxygen atoms in total. The highest BCUT2D eigenvalue weighted by atomic mass is 32.2. The second-order valence-electron chi connectivity index (χ2n) is 8.06. The Labute approximate surface area is 183 Å². The minimum Gasteiger partial charge on any atom is -0.352 e. The van der Waals surface area contributed by atoms with E-state index in [1.54, 1.807) is 12.1 Å². The van der Waals surface area contributed by atoms with Crippen LogP contribution in [-0.4, -0.2) is 49.1 Å². The molecule has 0 bridgehead atoms. The highest BCUT2D eigenvalue weighted by molar-refractivity contribution is 7.90. The molecule has 2 aromatic carbocycles. The SMILES string of the molecule is O=C(CCN1C(=O)c2ccccc2S1(=O)=O)NCc1cccc(CN2CCCCC2)c1. The lowest BCUT2D eigenvalue weighted by atomic mass is 10.1. The van der Waals surface area contributed by atoms with Crippen molar-refractivity contribution in [1.29, 1.82) is 0 Å². The van der Waals surface area contributed by atoms with Crippen LogP contribution in [-0.2, 0) is 27.9 Å². The van der Waals surface area contributed by atoms with Gasteiger partial charge in [0.15, 0.2) is 0 Å². The summed E-state index contributed by atoms with van der Waals surface area (Å²) in [4.78, 5) is 27.2. The van der Waals surface area contributed by atoms with Crippen LogP contribution in [0.5, 0.6) is 0 Å². The van der Waals surface area contributed by atoms with Crippen LogP contribution in [0.25, 0.3) is 0 Å². The summed E-state index contributed by atoms with van der Waals surface area (Å²) >= 11 is 0. The van der Waals surface area contributed by atoms with Crippen molar-refractivity contribution < 1.29 is 18.0 Å². The molecule has 31 heavy (non-hydrogen) atoms.